The van der Waals surface area contributed by atoms with E-state index in [1.807, 2.05) is 43.5 Å². The molecule has 1 aromatic heterocycles. The lowest BCUT2D eigenvalue weighted by atomic mass is 10.00. The molecule has 0 bridgehead atoms. The Bertz CT molecular complexity index is 1130. The van der Waals surface area contributed by atoms with Crippen LogP contribution in [-0.2, 0) is 11.2 Å². The predicted octanol–water partition coefficient (Wildman–Crippen LogP) is 5.33. The van der Waals surface area contributed by atoms with Crippen LogP contribution in [0, 0.1) is 5.82 Å². The van der Waals surface area contributed by atoms with Gasteiger partial charge in [0.1, 0.15) is 13.2 Å². The van der Waals surface area contributed by atoms with Crippen molar-refractivity contribution in [2.75, 3.05) is 19.7 Å². The highest BCUT2D eigenvalue weighted by atomic mass is 32.1. The Morgan fingerprint density at radius 3 is 2.62 bits per heavy atom. The van der Waals surface area contributed by atoms with Gasteiger partial charge in [-0.15, -0.1) is 11.3 Å². The second-order valence-electron chi connectivity index (χ2n) is 8.45. The Morgan fingerprint density at radius 1 is 1.15 bits per heavy atom. The van der Waals surface area contributed by atoms with E-state index in [0.717, 1.165) is 18.4 Å². The summed E-state index contributed by atoms with van der Waals surface area (Å²) in [6, 6.07) is 16.9. The van der Waals surface area contributed by atoms with Gasteiger partial charge in [0.05, 0.1) is 6.04 Å². The first-order valence-corrected chi connectivity index (χ1v) is 12.5. The SMILES string of the molecule is CC[C@@H](C)N(CC(=O)N1CCc2sccc2[C@H]1COc1ccccc1F)C(=O)c1ccccc1. The highest BCUT2D eigenvalue weighted by Crippen LogP contribution is 2.34. The lowest BCUT2D eigenvalue weighted by Crippen LogP contribution is -2.49. The van der Waals surface area contributed by atoms with E-state index < -0.39 is 5.82 Å². The molecule has 2 aromatic carbocycles. The molecule has 2 heterocycles. The lowest BCUT2D eigenvalue weighted by molar-refractivity contribution is -0.136. The molecule has 0 fully saturated rings. The third kappa shape index (κ3) is 5.14. The summed E-state index contributed by atoms with van der Waals surface area (Å²) >= 11 is 1.66. The lowest BCUT2D eigenvalue weighted by Gasteiger charge is -2.38. The number of carbonyl (C=O) groups excluding carboxylic acids is 2. The molecule has 1 aliphatic rings. The summed E-state index contributed by atoms with van der Waals surface area (Å²) in [5, 5.41) is 2.01. The van der Waals surface area contributed by atoms with Gasteiger partial charge >= 0.3 is 0 Å². The number of hydrogen-bond acceptors (Lipinski definition) is 4. The summed E-state index contributed by atoms with van der Waals surface area (Å²) in [4.78, 5) is 31.5. The van der Waals surface area contributed by atoms with Gasteiger partial charge in [0, 0.05) is 23.0 Å². The first-order chi connectivity index (χ1) is 16.5. The maximum Gasteiger partial charge on any atom is 0.254 e. The second kappa shape index (κ2) is 10.8. The summed E-state index contributed by atoms with van der Waals surface area (Å²) in [7, 11) is 0. The maximum absolute atomic E-state index is 14.1. The predicted molar refractivity (Wildman–Crippen MR) is 132 cm³/mol. The molecule has 7 heteroatoms. The van der Waals surface area contributed by atoms with Crippen LogP contribution in [-0.4, -0.2) is 47.4 Å². The molecule has 0 radical (unpaired) electrons. The molecule has 0 unspecified atom stereocenters. The molecular formula is C27H29FN2O3S. The summed E-state index contributed by atoms with van der Waals surface area (Å²) in [6.07, 6.45) is 1.49. The van der Waals surface area contributed by atoms with Gasteiger partial charge in [-0.1, -0.05) is 37.3 Å². The molecule has 0 spiro atoms. The normalized spacial score (nSPS) is 16.0. The summed E-state index contributed by atoms with van der Waals surface area (Å²) in [5.74, 6) is -0.560. The van der Waals surface area contributed by atoms with E-state index in [2.05, 4.69) is 0 Å². The molecule has 0 N–H and O–H groups in total. The van der Waals surface area contributed by atoms with Crippen molar-refractivity contribution in [1.29, 1.82) is 0 Å². The number of ether oxygens (including phenoxy) is 1. The van der Waals surface area contributed by atoms with Crippen molar-refractivity contribution in [3.8, 4) is 5.75 Å². The van der Waals surface area contributed by atoms with Crippen molar-refractivity contribution in [2.24, 2.45) is 0 Å². The molecule has 178 valence electrons. The first kappa shape index (κ1) is 24.0. The van der Waals surface area contributed by atoms with Crippen LogP contribution in [0.15, 0.2) is 66.0 Å². The van der Waals surface area contributed by atoms with Crippen molar-refractivity contribution in [1.82, 2.24) is 9.80 Å². The van der Waals surface area contributed by atoms with Crippen molar-refractivity contribution >= 4 is 23.2 Å². The van der Waals surface area contributed by atoms with Gasteiger partial charge in [0.25, 0.3) is 5.91 Å². The van der Waals surface area contributed by atoms with Crippen LogP contribution in [0.5, 0.6) is 5.75 Å². The Balaban J connectivity index is 1.55. The van der Waals surface area contributed by atoms with Gasteiger partial charge < -0.3 is 14.5 Å². The number of amides is 2. The smallest absolute Gasteiger partial charge is 0.254 e. The first-order valence-electron chi connectivity index (χ1n) is 11.6. The van der Waals surface area contributed by atoms with E-state index >= 15 is 0 Å². The molecule has 34 heavy (non-hydrogen) atoms. The highest BCUT2D eigenvalue weighted by molar-refractivity contribution is 7.10. The number of para-hydroxylation sites is 1. The molecule has 1 aliphatic heterocycles. The van der Waals surface area contributed by atoms with E-state index in [0.29, 0.717) is 12.1 Å². The third-order valence-corrected chi connectivity index (χ3v) is 7.36. The zero-order valence-corrected chi connectivity index (χ0v) is 20.3. The van der Waals surface area contributed by atoms with Gasteiger partial charge in [-0.2, -0.15) is 0 Å². The Hall–Kier alpha value is -3.19. The monoisotopic (exact) mass is 480 g/mol. The fraction of sp³-hybridized carbons (Fsp3) is 0.333. The van der Waals surface area contributed by atoms with Crippen molar-refractivity contribution in [2.45, 2.75) is 38.8 Å². The number of carbonyl (C=O) groups is 2. The third-order valence-electron chi connectivity index (χ3n) is 6.36. The van der Waals surface area contributed by atoms with Crippen molar-refractivity contribution < 1.29 is 18.7 Å². The molecule has 0 aliphatic carbocycles. The summed E-state index contributed by atoms with van der Waals surface area (Å²) in [5.41, 5.74) is 1.60. The Kier molecular flexibility index (Phi) is 7.63. The molecule has 2 amide bonds. The average Bonchev–Trinajstić information content (AvgIpc) is 3.35. The minimum Gasteiger partial charge on any atom is -0.488 e. The van der Waals surface area contributed by atoms with Gasteiger partial charge in [0.15, 0.2) is 11.6 Å². The standard InChI is InChI=1S/C27H29FN2O3S/c1-3-19(2)30(27(32)20-9-5-4-6-10-20)17-26(31)29-15-13-25-21(14-16-34-25)23(29)18-33-24-12-8-7-11-22(24)28/h4-12,14,16,19,23H,3,13,15,17-18H2,1-2H3/t19-,23-/m1/s1. The number of benzene rings is 2. The largest absolute Gasteiger partial charge is 0.488 e. The van der Waals surface area contributed by atoms with Crippen molar-refractivity contribution in [3.63, 3.8) is 0 Å². The van der Waals surface area contributed by atoms with Crippen LogP contribution in [0.4, 0.5) is 4.39 Å². The molecule has 4 rings (SSSR count). The van der Waals surface area contributed by atoms with Crippen LogP contribution in [0.2, 0.25) is 0 Å². The van der Waals surface area contributed by atoms with Crippen molar-refractivity contribution in [3.05, 3.63) is 87.9 Å². The second-order valence-corrected chi connectivity index (χ2v) is 9.45. The molecule has 0 saturated heterocycles. The number of rotatable bonds is 8. The Labute approximate surface area is 203 Å². The fourth-order valence-corrected chi connectivity index (χ4v) is 5.16. The molecule has 3 aromatic rings. The highest BCUT2D eigenvalue weighted by Gasteiger charge is 2.34. The van der Waals surface area contributed by atoms with Crippen LogP contribution in [0.25, 0.3) is 0 Å². The van der Waals surface area contributed by atoms with E-state index in [9.17, 15) is 14.0 Å². The van der Waals surface area contributed by atoms with Gasteiger partial charge in [0.2, 0.25) is 5.91 Å². The average molecular weight is 481 g/mol. The fourth-order valence-electron chi connectivity index (χ4n) is 4.24. The van der Waals surface area contributed by atoms with Crippen LogP contribution in [0.3, 0.4) is 0 Å². The minimum absolute atomic E-state index is 0.0155. The number of thiophene rings is 1. The number of nitrogens with zero attached hydrogens (tertiary/aromatic N) is 2. The maximum atomic E-state index is 14.1. The summed E-state index contributed by atoms with van der Waals surface area (Å²) < 4.78 is 20.0. The quantitative estimate of drug-likeness (QED) is 0.438. The van der Waals surface area contributed by atoms with Gasteiger partial charge in [-0.05, 0) is 61.0 Å². The minimum atomic E-state index is -0.432. The van der Waals surface area contributed by atoms with Crippen LogP contribution >= 0.6 is 11.3 Å². The number of halogens is 1. The zero-order chi connectivity index (χ0) is 24.1. The van der Waals surface area contributed by atoms with Gasteiger partial charge in [-0.3, -0.25) is 9.59 Å². The van der Waals surface area contributed by atoms with E-state index in [4.69, 9.17) is 4.74 Å². The molecule has 0 saturated carbocycles. The van der Waals surface area contributed by atoms with Crippen LogP contribution < -0.4 is 4.74 Å². The summed E-state index contributed by atoms with van der Waals surface area (Å²) in [6.45, 7) is 4.63. The molecule has 5 nitrogen and oxygen atoms in total. The molecular weight excluding hydrogens is 451 g/mol. The molecule has 2 atom stereocenters. The van der Waals surface area contributed by atoms with E-state index in [-0.39, 0.29) is 42.8 Å². The number of fused-ring (bicyclic) bond motifs is 1. The van der Waals surface area contributed by atoms with E-state index in [1.165, 1.54) is 10.9 Å². The van der Waals surface area contributed by atoms with Crippen LogP contribution in [0.1, 0.15) is 47.1 Å². The van der Waals surface area contributed by atoms with E-state index in [1.54, 1.807) is 51.5 Å². The van der Waals surface area contributed by atoms with Gasteiger partial charge in [-0.25, -0.2) is 4.39 Å². The topological polar surface area (TPSA) is 49.9 Å². The Morgan fingerprint density at radius 2 is 1.88 bits per heavy atom. The zero-order valence-electron chi connectivity index (χ0n) is 19.4. The number of hydrogen-bond donors (Lipinski definition) is 0.